The van der Waals surface area contributed by atoms with Crippen LogP contribution in [0.3, 0.4) is 0 Å². The highest BCUT2D eigenvalue weighted by molar-refractivity contribution is 8.00. The number of para-hydroxylation sites is 1. The number of anilines is 1. The Bertz CT molecular complexity index is 527. The molecule has 1 atom stereocenters. The molecule has 4 N–H and O–H groups in total. The number of amides is 2. The molecule has 1 aliphatic heterocycles. The standard InChI is InChI=1S/C15H21N3O2S/c1-15(8-4-5-9-17-15)14(20)18-11-6-2-3-7-12(11)21-10-13(16)19/h2-3,6-7,17H,4-5,8-10H2,1H3,(H2,16,19)(H,18,20). The number of benzene rings is 1. The van der Waals surface area contributed by atoms with Crippen molar-refractivity contribution in [2.24, 2.45) is 5.73 Å². The van der Waals surface area contributed by atoms with E-state index >= 15 is 0 Å². The van der Waals surface area contributed by atoms with E-state index < -0.39 is 5.54 Å². The molecule has 2 amide bonds. The van der Waals surface area contributed by atoms with Crippen LogP contribution in [-0.2, 0) is 9.59 Å². The molecule has 1 aliphatic rings. The molecule has 0 bridgehead atoms. The van der Waals surface area contributed by atoms with Crippen molar-refractivity contribution in [3.8, 4) is 0 Å². The molecule has 1 unspecified atom stereocenters. The molecule has 1 fully saturated rings. The topological polar surface area (TPSA) is 84.2 Å². The minimum atomic E-state index is -0.528. The van der Waals surface area contributed by atoms with E-state index in [0.29, 0.717) is 0 Å². The molecule has 1 aromatic carbocycles. The maximum atomic E-state index is 12.5. The van der Waals surface area contributed by atoms with Gasteiger partial charge in [0.1, 0.15) is 0 Å². The van der Waals surface area contributed by atoms with Crippen molar-refractivity contribution in [3.63, 3.8) is 0 Å². The number of hydrogen-bond donors (Lipinski definition) is 3. The highest BCUT2D eigenvalue weighted by atomic mass is 32.2. The number of carbonyl (C=O) groups excluding carboxylic acids is 2. The zero-order chi connectivity index (χ0) is 15.3. The van der Waals surface area contributed by atoms with Crippen LogP contribution in [0.25, 0.3) is 0 Å². The van der Waals surface area contributed by atoms with Crippen LogP contribution in [0.1, 0.15) is 26.2 Å². The monoisotopic (exact) mass is 307 g/mol. The van der Waals surface area contributed by atoms with E-state index in [9.17, 15) is 9.59 Å². The van der Waals surface area contributed by atoms with E-state index in [1.807, 2.05) is 31.2 Å². The van der Waals surface area contributed by atoms with Gasteiger partial charge in [-0.1, -0.05) is 12.1 Å². The van der Waals surface area contributed by atoms with Crippen LogP contribution in [0.5, 0.6) is 0 Å². The minimum absolute atomic E-state index is 0.0330. The second-order valence-corrected chi connectivity index (χ2v) is 6.44. The summed E-state index contributed by atoms with van der Waals surface area (Å²) in [6, 6.07) is 7.45. The van der Waals surface area contributed by atoms with E-state index in [-0.39, 0.29) is 17.6 Å². The van der Waals surface area contributed by atoms with Crippen molar-refractivity contribution in [2.45, 2.75) is 36.6 Å². The fourth-order valence-corrected chi connectivity index (χ4v) is 3.10. The number of hydrogen-bond acceptors (Lipinski definition) is 4. The summed E-state index contributed by atoms with van der Waals surface area (Å²) in [5.74, 6) is -0.209. The maximum Gasteiger partial charge on any atom is 0.244 e. The van der Waals surface area contributed by atoms with Crippen molar-refractivity contribution in [2.75, 3.05) is 17.6 Å². The third-order valence-electron chi connectivity index (χ3n) is 3.63. The summed E-state index contributed by atoms with van der Waals surface area (Å²) in [5.41, 5.74) is 5.37. The van der Waals surface area contributed by atoms with Crippen LogP contribution in [-0.4, -0.2) is 29.7 Å². The van der Waals surface area contributed by atoms with Crippen molar-refractivity contribution in [1.82, 2.24) is 5.32 Å². The smallest absolute Gasteiger partial charge is 0.244 e. The van der Waals surface area contributed by atoms with Gasteiger partial charge < -0.3 is 16.4 Å². The summed E-state index contributed by atoms with van der Waals surface area (Å²) in [6.45, 7) is 2.79. The fourth-order valence-electron chi connectivity index (χ4n) is 2.35. The first kappa shape index (κ1) is 15.9. The molecule has 0 aromatic heterocycles. The first-order chi connectivity index (χ1) is 10.0. The van der Waals surface area contributed by atoms with Gasteiger partial charge in [-0.05, 0) is 44.9 Å². The molecule has 1 saturated heterocycles. The molecular weight excluding hydrogens is 286 g/mol. The van der Waals surface area contributed by atoms with Gasteiger partial charge in [0.25, 0.3) is 0 Å². The van der Waals surface area contributed by atoms with Gasteiger partial charge in [-0.3, -0.25) is 9.59 Å². The molecule has 1 aromatic rings. The summed E-state index contributed by atoms with van der Waals surface area (Å²) in [6.07, 6.45) is 2.98. The van der Waals surface area contributed by atoms with Gasteiger partial charge in [0.05, 0.1) is 17.0 Å². The highest BCUT2D eigenvalue weighted by Crippen LogP contribution is 2.28. The second kappa shape index (κ2) is 6.95. The van der Waals surface area contributed by atoms with Gasteiger partial charge in [0.15, 0.2) is 0 Å². The first-order valence-corrected chi connectivity index (χ1v) is 8.06. The Kier molecular flexibility index (Phi) is 5.25. The third-order valence-corrected chi connectivity index (χ3v) is 4.72. The Morgan fingerprint density at radius 2 is 2.14 bits per heavy atom. The fraction of sp³-hybridized carbons (Fsp3) is 0.467. The Labute approximate surface area is 129 Å². The Hall–Kier alpha value is -1.53. The lowest BCUT2D eigenvalue weighted by atomic mass is 9.90. The zero-order valence-corrected chi connectivity index (χ0v) is 13.0. The Morgan fingerprint density at radius 1 is 1.38 bits per heavy atom. The molecule has 1 heterocycles. The van der Waals surface area contributed by atoms with Crippen LogP contribution in [0.2, 0.25) is 0 Å². The van der Waals surface area contributed by atoms with E-state index in [1.165, 1.54) is 11.8 Å². The quantitative estimate of drug-likeness (QED) is 0.723. The van der Waals surface area contributed by atoms with Crippen molar-refractivity contribution in [1.29, 1.82) is 0 Å². The summed E-state index contributed by atoms with van der Waals surface area (Å²) in [4.78, 5) is 24.3. The van der Waals surface area contributed by atoms with Crippen LogP contribution in [0.15, 0.2) is 29.2 Å². The van der Waals surface area contributed by atoms with Gasteiger partial charge in [-0.25, -0.2) is 0 Å². The molecular formula is C15H21N3O2S. The summed E-state index contributed by atoms with van der Waals surface area (Å²) in [5, 5.41) is 6.26. The lowest BCUT2D eigenvalue weighted by Crippen LogP contribution is -2.54. The van der Waals surface area contributed by atoms with E-state index in [4.69, 9.17) is 5.73 Å². The van der Waals surface area contributed by atoms with Crippen LogP contribution >= 0.6 is 11.8 Å². The number of rotatable bonds is 5. The number of thioether (sulfide) groups is 1. The first-order valence-electron chi connectivity index (χ1n) is 7.08. The average molecular weight is 307 g/mol. The highest BCUT2D eigenvalue weighted by Gasteiger charge is 2.34. The Morgan fingerprint density at radius 3 is 2.81 bits per heavy atom. The summed E-state index contributed by atoms with van der Waals surface area (Å²) >= 11 is 1.33. The van der Waals surface area contributed by atoms with Gasteiger partial charge in [0.2, 0.25) is 11.8 Å². The number of carbonyl (C=O) groups is 2. The minimum Gasteiger partial charge on any atom is -0.369 e. The normalized spacial score (nSPS) is 21.8. The van der Waals surface area contributed by atoms with Crippen LogP contribution in [0, 0.1) is 0 Å². The molecule has 0 radical (unpaired) electrons. The van der Waals surface area contributed by atoms with Crippen LogP contribution in [0.4, 0.5) is 5.69 Å². The average Bonchev–Trinajstić information content (AvgIpc) is 2.47. The van der Waals surface area contributed by atoms with Crippen molar-refractivity contribution < 1.29 is 9.59 Å². The van der Waals surface area contributed by atoms with Crippen LogP contribution < -0.4 is 16.4 Å². The Balaban J connectivity index is 2.08. The molecule has 0 spiro atoms. The van der Waals surface area contributed by atoms with E-state index in [1.54, 1.807) is 0 Å². The van der Waals surface area contributed by atoms with Crippen molar-refractivity contribution >= 4 is 29.3 Å². The van der Waals surface area contributed by atoms with Gasteiger partial charge >= 0.3 is 0 Å². The number of piperidine rings is 1. The lowest BCUT2D eigenvalue weighted by molar-refractivity contribution is -0.122. The van der Waals surface area contributed by atoms with Gasteiger partial charge in [-0.15, -0.1) is 11.8 Å². The maximum absolute atomic E-state index is 12.5. The lowest BCUT2D eigenvalue weighted by Gasteiger charge is -2.33. The van der Waals surface area contributed by atoms with Gasteiger partial charge in [0, 0.05) is 4.90 Å². The number of primary amides is 1. The van der Waals surface area contributed by atoms with E-state index in [2.05, 4.69) is 10.6 Å². The molecule has 21 heavy (non-hydrogen) atoms. The predicted molar refractivity (Wildman–Crippen MR) is 85.2 cm³/mol. The van der Waals surface area contributed by atoms with Crippen molar-refractivity contribution in [3.05, 3.63) is 24.3 Å². The molecule has 0 aliphatic carbocycles. The third kappa shape index (κ3) is 4.22. The molecule has 0 saturated carbocycles. The SMILES string of the molecule is CC1(C(=O)Nc2ccccc2SCC(N)=O)CCCCN1. The summed E-state index contributed by atoms with van der Waals surface area (Å²) in [7, 11) is 0. The number of nitrogens with two attached hydrogens (primary N) is 1. The molecule has 114 valence electrons. The van der Waals surface area contributed by atoms with E-state index in [0.717, 1.165) is 36.4 Å². The number of nitrogens with one attached hydrogen (secondary N) is 2. The molecule has 6 heteroatoms. The largest absolute Gasteiger partial charge is 0.369 e. The summed E-state index contributed by atoms with van der Waals surface area (Å²) < 4.78 is 0. The predicted octanol–water partition coefficient (Wildman–Crippen LogP) is 1.73. The molecule has 5 nitrogen and oxygen atoms in total. The second-order valence-electron chi connectivity index (χ2n) is 5.42. The van der Waals surface area contributed by atoms with Gasteiger partial charge in [-0.2, -0.15) is 0 Å². The molecule has 2 rings (SSSR count). The zero-order valence-electron chi connectivity index (χ0n) is 12.1.